The molecule has 0 aromatic heterocycles. The molecule has 0 unspecified atom stereocenters. The topological polar surface area (TPSA) is 58.6 Å². The molecule has 1 aliphatic rings. The summed E-state index contributed by atoms with van der Waals surface area (Å²) in [5.41, 5.74) is 4.90. The predicted octanol–water partition coefficient (Wildman–Crippen LogP) is 4.81. The number of thiocarbonyl (C=S) groups is 1. The monoisotopic (exact) mass is 446 g/mol. The van der Waals surface area contributed by atoms with Crippen molar-refractivity contribution in [1.29, 1.82) is 0 Å². The van der Waals surface area contributed by atoms with Crippen molar-refractivity contribution in [3.63, 3.8) is 0 Å². The lowest BCUT2D eigenvalue weighted by Gasteiger charge is -2.15. The second-order valence-electron chi connectivity index (χ2n) is 6.67. The molecule has 154 valence electrons. The minimum Gasteiger partial charge on any atom is -0.489 e. The fourth-order valence-electron chi connectivity index (χ4n) is 2.91. The Kier molecular flexibility index (Phi) is 6.45. The Bertz CT molecular complexity index is 1150. The van der Waals surface area contributed by atoms with Gasteiger partial charge in [-0.2, -0.15) is 5.01 Å². The largest absolute Gasteiger partial charge is 0.489 e. The number of nitrogens with zero attached hydrogens (tertiary/aromatic N) is 1. The molecule has 5 nitrogen and oxygen atoms in total. The average molecular weight is 447 g/mol. The summed E-state index contributed by atoms with van der Waals surface area (Å²) >= 11 is 6.43. The SMILES string of the molecule is O=C(NN1C(=O)C(=Cc2cccc(OCc3ccccc3)c2)SC1=S)c1ccccc1. The molecule has 1 heterocycles. The lowest BCUT2D eigenvalue weighted by atomic mass is 10.2. The smallest absolute Gasteiger partial charge is 0.285 e. The van der Waals surface area contributed by atoms with Crippen LogP contribution in [0.15, 0.2) is 89.8 Å². The second-order valence-corrected chi connectivity index (χ2v) is 8.35. The number of benzene rings is 3. The fourth-order valence-corrected chi connectivity index (χ4v) is 4.09. The van der Waals surface area contributed by atoms with Crippen molar-refractivity contribution in [3.05, 3.63) is 107 Å². The Morgan fingerprint density at radius 3 is 2.45 bits per heavy atom. The van der Waals surface area contributed by atoms with Crippen molar-refractivity contribution in [2.75, 3.05) is 0 Å². The number of carbonyl (C=O) groups excluding carboxylic acids is 2. The van der Waals surface area contributed by atoms with E-state index in [4.69, 9.17) is 17.0 Å². The highest BCUT2D eigenvalue weighted by Gasteiger charge is 2.33. The van der Waals surface area contributed by atoms with Crippen molar-refractivity contribution in [1.82, 2.24) is 10.4 Å². The summed E-state index contributed by atoms with van der Waals surface area (Å²) < 4.78 is 6.13. The molecule has 1 fully saturated rings. The summed E-state index contributed by atoms with van der Waals surface area (Å²) in [6.07, 6.45) is 1.74. The third-order valence-corrected chi connectivity index (χ3v) is 5.75. The van der Waals surface area contributed by atoms with E-state index >= 15 is 0 Å². The Morgan fingerprint density at radius 2 is 1.71 bits per heavy atom. The number of hydrogen-bond acceptors (Lipinski definition) is 5. The quantitative estimate of drug-likeness (QED) is 0.435. The first-order valence-corrected chi connectivity index (χ1v) is 10.7. The minimum absolute atomic E-state index is 0.275. The van der Waals surface area contributed by atoms with Crippen LogP contribution in [0.3, 0.4) is 0 Å². The molecule has 3 aromatic carbocycles. The van der Waals surface area contributed by atoms with Crippen molar-refractivity contribution >= 4 is 46.2 Å². The van der Waals surface area contributed by atoms with Gasteiger partial charge in [0.1, 0.15) is 12.4 Å². The average Bonchev–Trinajstić information content (AvgIpc) is 3.06. The number of carbonyl (C=O) groups is 2. The normalized spacial score (nSPS) is 14.7. The number of thioether (sulfide) groups is 1. The van der Waals surface area contributed by atoms with E-state index in [9.17, 15) is 9.59 Å². The van der Waals surface area contributed by atoms with Crippen LogP contribution in [0.4, 0.5) is 0 Å². The van der Waals surface area contributed by atoms with Crippen molar-refractivity contribution in [2.45, 2.75) is 6.61 Å². The molecular weight excluding hydrogens is 428 g/mol. The van der Waals surface area contributed by atoms with Crippen LogP contribution in [0.1, 0.15) is 21.5 Å². The van der Waals surface area contributed by atoms with Gasteiger partial charge in [0.25, 0.3) is 11.8 Å². The molecule has 31 heavy (non-hydrogen) atoms. The van der Waals surface area contributed by atoms with Crippen LogP contribution in [0.5, 0.6) is 5.75 Å². The third-order valence-electron chi connectivity index (χ3n) is 4.45. The van der Waals surface area contributed by atoms with E-state index in [1.54, 1.807) is 30.3 Å². The first-order chi connectivity index (χ1) is 15.1. The fraction of sp³-hybridized carbons (Fsp3) is 0.0417. The van der Waals surface area contributed by atoms with Crippen LogP contribution in [0.25, 0.3) is 6.08 Å². The Labute approximate surface area is 189 Å². The van der Waals surface area contributed by atoms with Gasteiger partial charge in [-0.15, -0.1) is 0 Å². The van der Waals surface area contributed by atoms with Gasteiger partial charge >= 0.3 is 0 Å². The van der Waals surface area contributed by atoms with Gasteiger partial charge in [-0.05, 0) is 53.7 Å². The Balaban J connectivity index is 1.44. The van der Waals surface area contributed by atoms with Crippen LogP contribution in [-0.2, 0) is 11.4 Å². The zero-order valence-electron chi connectivity index (χ0n) is 16.4. The van der Waals surface area contributed by atoms with E-state index < -0.39 is 5.91 Å². The van der Waals surface area contributed by atoms with E-state index in [1.165, 1.54) is 0 Å². The number of amides is 2. The summed E-state index contributed by atoms with van der Waals surface area (Å²) in [5.74, 6) is -0.0604. The molecule has 0 radical (unpaired) electrons. The zero-order chi connectivity index (χ0) is 21.6. The molecular formula is C24H18N2O3S2. The summed E-state index contributed by atoms with van der Waals surface area (Å²) in [6, 6.07) is 26.0. The van der Waals surface area contributed by atoms with E-state index in [0.717, 1.165) is 27.9 Å². The molecule has 4 rings (SSSR count). The molecule has 7 heteroatoms. The highest BCUT2D eigenvalue weighted by atomic mass is 32.2. The molecule has 0 bridgehead atoms. The molecule has 1 N–H and O–H groups in total. The van der Waals surface area contributed by atoms with E-state index in [2.05, 4.69) is 5.43 Å². The van der Waals surface area contributed by atoms with Gasteiger partial charge in [-0.25, -0.2) is 0 Å². The van der Waals surface area contributed by atoms with Gasteiger partial charge in [0, 0.05) is 5.56 Å². The lowest BCUT2D eigenvalue weighted by molar-refractivity contribution is -0.123. The third kappa shape index (κ3) is 5.20. The number of hydrogen-bond donors (Lipinski definition) is 1. The van der Waals surface area contributed by atoms with E-state index in [0.29, 0.717) is 22.8 Å². The van der Waals surface area contributed by atoms with Crippen LogP contribution in [-0.4, -0.2) is 21.1 Å². The number of rotatable bonds is 6. The van der Waals surface area contributed by atoms with Crippen molar-refractivity contribution < 1.29 is 14.3 Å². The maximum Gasteiger partial charge on any atom is 0.285 e. The summed E-state index contributed by atoms with van der Waals surface area (Å²) in [7, 11) is 0. The molecule has 3 aromatic rings. The maximum atomic E-state index is 12.8. The van der Waals surface area contributed by atoms with Crippen LogP contribution in [0.2, 0.25) is 0 Å². The number of hydrazine groups is 1. The Morgan fingerprint density at radius 1 is 1.00 bits per heavy atom. The number of nitrogens with one attached hydrogen (secondary N) is 1. The molecule has 2 amide bonds. The van der Waals surface area contributed by atoms with Gasteiger partial charge in [0.05, 0.1) is 4.91 Å². The minimum atomic E-state index is -0.394. The predicted molar refractivity (Wildman–Crippen MR) is 126 cm³/mol. The standard InChI is InChI=1S/C24H18N2O3S2/c27-22(19-11-5-2-6-12-19)25-26-23(28)21(31-24(26)30)15-18-10-7-13-20(14-18)29-16-17-8-3-1-4-9-17/h1-15H,16H2,(H,25,27). The van der Waals surface area contributed by atoms with Gasteiger partial charge in [-0.3, -0.25) is 15.0 Å². The molecule has 0 spiro atoms. The van der Waals surface area contributed by atoms with Crippen LogP contribution in [0, 0.1) is 0 Å². The van der Waals surface area contributed by atoms with Gasteiger partial charge < -0.3 is 4.74 Å². The highest BCUT2D eigenvalue weighted by molar-refractivity contribution is 8.26. The van der Waals surface area contributed by atoms with Gasteiger partial charge in [0.2, 0.25) is 0 Å². The summed E-state index contributed by atoms with van der Waals surface area (Å²) in [4.78, 5) is 25.6. The first-order valence-electron chi connectivity index (χ1n) is 9.51. The van der Waals surface area contributed by atoms with Crippen molar-refractivity contribution in [3.8, 4) is 5.75 Å². The highest BCUT2D eigenvalue weighted by Crippen LogP contribution is 2.32. The first kappa shape index (κ1) is 20.8. The maximum absolute atomic E-state index is 12.8. The van der Waals surface area contributed by atoms with Gasteiger partial charge in [0.15, 0.2) is 4.32 Å². The molecule has 0 saturated carbocycles. The van der Waals surface area contributed by atoms with Crippen molar-refractivity contribution in [2.24, 2.45) is 0 Å². The zero-order valence-corrected chi connectivity index (χ0v) is 18.0. The second kappa shape index (κ2) is 9.59. The molecule has 1 aliphatic heterocycles. The molecule has 0 atom stereocenters. The molecule has 0 aliphatic carbocycles. The van der Waals surface area contributed by atoms with Gasteiger partial charge in [-0.1, -0.05) is 72.4 Å². The summed E-state index contributed by atoms with van der Waals surface area (Å²) in [5, 5.41) is 1.11. The molecule has 1 saturated heterocycles. The van der Waals surface area contributed by atoms with Crippen LogP contribution < -0.4 is 10.2 Å². The van der Waals surface area contributed by atoms with E-state index in [1.807, 2.05) is 60.7 Å². The lowest BCUT2D eigenvalue weighted by Crippen LogP contribution is -2.44. The summed E-state index contributed by atoms with van der Waals surface area (Å²) in [6.45, 7) is 0.456. The van der Waals surface area contributed by atoms with Crippen LogP contribution >= 0.6 is 24.0 Å². The Hall–Kier alpha value is -3.42. The van der Waals surface area contributed by atoms with E-state index in [-0.39, 0.29) is 10.2 Å². The number of ether oxygens (including phenoxy) is 1.